The van der Waals surface area contributed by atoms with Gasteiger partial charge < -0.3 is 36.7 Å². The van der Waals surface area contributed by atoms with Gasteiger partial charge in [0.1, 0.15) is 0 Å². The summed E-state index contributed by atoms with van der Waals surface area (Å²) in [5.41, 5.74) is -5.35. The van der Waals surface area contributed by atoms with Crippen LogP contribution in [0, 0.1) is 10.8 Å². The van der Waals surface area contributed by atoms with E-state index in [1.165, 1.54) is 26.5 Å². The van der Waals surface area contributed by atoms with Crippen LogP contribution in [0.2, 0.25) is 10.0 Å². The second-order valence-corrected chi connectivity index (χ2v) is 55.4. The predicted molar refractivity (Wildman–Crippen MR) is 598 cm³/mol. The van der Waals surface area contributed by atoms with Crippen molar-refractivity contribution < 1.29 is 75.0 Å². The van der Waals surface area contributed by atoms with Gasteiger partial charge >= 0.3 is 5.97 Å². The number of benzene rings is 15. The molecule has 742 valence electrons. The van der Waals surface area contributed by atoms with E-state index in [4.69, 9.17) is 27.9 Å². The molecule has 146 heavy (non-hydrogen) atoms. The first kappa shape index (κ1) is 112. The van der Waals surface area contributed by atoms with E-state index >= 15 is 0 Å². The summed E-state index contributed by atoms with van der Waals surface area (Å²) in [5.74, 6) is -0.569. The molecule has 1 unspecified atom stereocenters. The van der Waals surface area contributed by atoms with Crippen LogP contribution in [0.15, 0.2) is 467 Å². The summed E-state index contributed by atoms with van der Waals surface area (Å²) >= 11 is 12.4. The van der Waals surface area contributed by atoms with Gasteiger partial charge in [0.05, 0.1) is 22.0 Å². The summed E-state index contributed by atoms with van der Waals surface area (Å²) in [7, 11) is -24.8. The Hall–Kier alpha value is -13.2. The highest BCUT2D eigenvalue weighted by Crippen LogP contribution is 2.57. The van der Waals surface area contributed by atoms with Crippen molar-refractivity contribution in [3.8, 4) is 0 Å². The molecule has 1 aliphatic rings. The molecule has 16 aromatic rings. The first-order chi connectivity index (χ1) is 70.0. The highest BCUT2D eigenvalue weighted by molar-refractivity contribution is 7.96. The number of ether oxygens (including phenoxy) is 1. The summed E-state index contributed by atoms with van der Waals surface area (Å²) in [5, 5.41) is 7.17. The number of nitrogens with zero attached hydrogens (tertiary/aromatic N) is 1. The maximum absolute atomic E-state index is 14.3. The molecule has 17 nitrogen and oxygen atoms in total. The molecule has 15 aromatic carbocycles. The lowest BCUT2D eigenvalue weighted by molar-refractivity contribution is -0.160. The Labute approximate surface area is 864 Å². The SMILES string of the molecule is CC(C)(C)C(=O)P(=O)(c1ccccc1)c1ccccc1.CC1(C(=O)P(=O)(c2ccccc2)c2ccccc2)CCCCC1.CCC(C)(OC(C)=O)C(=O)P(=O)(c1ccccc1)c1ccccc1.O=C(CC(=O)P(=O)(c1ccccc1)c1ccccc1)P(=O)(c1ccccc1)c1ccccc1.O=C(c1c(Cl)cccc1Cl)P(=O)(c1ccccc1)c1ccccc1.O=C(c1cccnc1)P(=O)(c1ccccc1)c1ccccc1. The van der Waals surface area contributed by atoms with E-state index in [0.29, 0.717) is 79.8 Å². The fraction of sp³-hybridized carbons (Fsp3) is 0.142. The summed E-state index contributed by atoms with van der Waals surface area (Å²) in [4.78, 5) is 108. The number of rotatable bonds is 29. The number of carbonyl (C=O) groups is 8. The molecule has 1 saturated carbocycles. The van der Waals surface area contributed by atoms with E-state index < -0.39 is 106 Å². The molecule has 1 aliphatic carbocycles. The Balaban J connectivity index is 0.000000157. The molecule has 1 fully saturated rings. The Morgan fingerprint density at radius 2 is 0.527 bits per heavy atom. The molecule has 0 aliphatic heterocycles. The zero-order valence-electron chi connectivity index (χ0n) is 81.8. The van der Waals surface area contributed by atoms with Crippen molar-refractivity contribution in [2.75, 3.05) is 0 Å². The number of carbonyl (C=O) groups excluding carboxylic acids is 8. The number of esters is 1. The topological polar surface area (TPSA) is 278 Å². The highest BCUT2D eigenvalue weighted by Gasteiger charge is 2.51. The van der Waals surface area contributed by atoms with Crippen molar-refractivity contribution in [3.63, 3.8) is 0 Å². The summed E-state index contributed by atoms with van der Waals surface area (Å²) in [6, 6.07) is 131. The Bertz CT molecular complexity index is 7100. The maximum atomic E-state index is 14.3. The number of hydrogen-bond donors (Lipinski definition) is 0. The van der Waals surface area contributed by atoms with Crippen molar-refractivity contribution >= 4 is 192 Å². The lowest BCUT2D eigenvalue weighted by atomic mass is 9.77. The van der Waals surface area contributed by atoms with Crippen LogP contribution in [0.25, 0.3) is 0 Å². The zero-order valence-corrected chi connectivity index (χ0v) is 89.5. The van der Waals surface area contributed by atoms with Crippen molar-refractivity contribution in [2.24, 2.45) is 10.8 Å². The molecule has 26 heteroatoms. The summed E-state index contributed by atoms with van der Waals surface area (Å²) in [6.07, 6.45) is 7.55. The number of halogens is 2. The van der Waals surface area contributed by atoms with Gasteiger partial charge in [-0.1, -0.05) is 508 Å². The monoisotopic (exact) mass is 2110 g/mol. The average molecular weight is 2110 g/mol. The van der Waals surface area contributed by atoms with E-state index in [0.717, 1.165) is 25.7 Å². The molecule has 17 rings (SSSR count). The molecule has 1 atom stereocenters. The minimum absolute atomic E-state index is 0.0675. The van der Waals surface area contributed by atoms with Crippen LogP contribution in [-0.2, 0) is 65.5 Å². The van der Waals surface area contributed by atoms with E-state index in [-0.39, 0.29) is 33.1 Å². The number of hydrogen-bond acceptors (Lipinski definition) is 17. The fourth-order valence-corrected chi connectivity index (χ4v) is 36.2. The molecule has 0 saturated heterocycles. The van der Waals surface area contributed by atoms with Crippen molar-refractivity contribution in [1.29, 1.82) is 0 Å². The normalized spacial score (nSPS) is 12.9. The fourth-order valence-electron chi connectivity index (χ4n) is 16.9. The Morgan fingerprint density at radius 3 is 0.760 bits per heavy atom. The molecular weight excluding hydrogens is 2000 g/mol. The van der Waals surface area contributed by atoms with Crippen LogP contribution in [-0.4, -0.2) is 55.2 Å². The first-order valence-electron chi connectivity index (χ1n) is 47.4. The van der Waals surface area contributed by atoms with Gasteiger partial charge in [-0.25, -0.2) is 0 Å². The largest absolute Gasteiger partial charge is 0.451 e. The molecule has 0 spiro atoms. The van der Waals surface area contributed by atoms with Crippen LogP contribution in [0.1, 0.15) is 114 Å². The Morgan fingerprint density at radius 1 is 0.295 bits per heavy atom. The second-order valence-electron chi connectivity index (χ2n) is 35.8. The zero-order chi connectivity index (χ0) is 105. The van der Waals surface area contributed by atoms with E-state index in [1.54, 1.807) is 347 Å². The van der Waals surface area contributed by atoms with E-state index in [9.17, 15) is 70.3 Å². The van der Waals surface area contributed by atoms with Gasteiger partial charge in [-0.15, -0.1) is 0 Å². The van der Waals surface area contributed by atoms with Crippen LogP contribution >= 0.6 is 73.2 Å². The van der Waals surface area contributed by atoms with Crippen molar-refractivity contribution in [2.45, 2.75) is 99.0 Å². The molecule has 0 amide bonds. The van der Waals surface area contributed by atoms with Crippen LogP contribution in [0.3, 0.4) is 0 Å². The van der Waals surface area contributed by atoms with Crippen molar-refractivity contribution in [1.82, 2.24) is 4.98 Å². The molecule has 0 N–H and O–H groups in total. The smallest absolute Gasteiger partial charge is 0.303 e. The summed E-state index contributed by atoms with van der Waals surface area (Å²) < 4.78 is 103. The number of pyridine rings is 1. The van der Waals surface area contributed by atoms with E-state index in [2.05, 4.69) is 4.98 Å². The van der Waals surface area contributed by atoms with Gasteiger partial charge in [0.15, 0.2) is 5.60 Å². The first-order valence-corrected chi connectivity index (χ1v) is 60.1. The van der Waals surface area contributed by atoms with Gasteiger partial charge in [0, 0.05) is 110 Å². The molecule has 0 radical (unpaired) electrons. The maximum Gasteiger partial charge on any atom is 0.303 e. The summed E-state index contributed by atoms with van der Waals surface area (Å²) in [6.45, 7) is 12.0. The quantitative estimate of drug-likeness (QED) is 0.0239. The molecule has 1 heterocycles. The minimum atomic E-state index is -3.80. The van der Waals surface area contributed by atoms with Gasteiger partial charge in [0.25, 0.3) is 0 Å². The third kappa shape index (κ3) is 25.4. The standard InChI is InChI=1S/C27H22O4P2.C20H23O2P.C19H13Cl2O2P.C19H21O4P.C18H14NO2P.C17H19O2P/c28-26(32(30,22-13-5-1-6-14-22)23-15-7-2-8-16-23)21-27(29)33(31,24-17-9-3-10-18-24)25-19-11-4-12-20-25;1-20(15-9-4-10-16-20)19(21)23(22,17-11-5-2-6-12-17)18-13-7-3-8-14-18;20-16-12-7-13-17(21)18(16)19(22)24(23,14-8-3-1-4-9-14)15-10-5-2-6-11-15;1-4-19(3,23-15(2)20)18(21)24(22,16-11-7-5-8-12-16)17-13-9-6-10-14-17;20-18(15-8-7-13-19-14-15)22(21,16-9-3-1-4-10-16)17-11-5-2-6-12-17;1-17(2,3)16(18)20(19,14-10-6-4-7-11-14)15-12-8-5-9-13-15/h1-20H,21H2;2-3,5-8,11-14H,4,9-10,15-16H2,1H3;1-13H;5-14H,4H2,1-3H3;1-14H;4-13H,1-3H3. The lowest BCUT2D eigenvalue weighted by Gasteiger charge is -2.35. The molecule has 1 aromatic heterocycles. The molecular formula is C120H112Cl2NO16P7. The van der Waals surface area contributed by atoms with E-state index in [1.807, 2.05) is 149 Å². The lowest BCUT2D eigenvalue weighted by Crippen LogP contribution is -2.42. The Kier molecular flexibility index (Phi) is 38.8. The van der Waals surface area contributed by atoms with Crippen molar-refractivity contribution in [3.05, 3.63) is 489 Å². The van der Waals surface area contributed by atoms with Gasteiger partial charge in [-0.3, -0.25) is 43.3 Å². The van der Waals surface area contributed by atoms with Crippen LogP contribution in [0.4, 0.5) is 0 Å². The third-order valence-electron chi connectivity index (χ3n) is 24.8. The highest BCUT2D eigenvalue weighted by atomic mass is 35.5. The molecule has 0 bridgehead atoms. The van der Waals surface area contributed by atoms with Gasteiger partial charge in [0.2, 0.25) is 88.7 Å². The van der Waals surface area contributed by atoms with Crippen LogP contribution in [0.5, 0.6) is 0 Å². The predicted octanol–water partition coefficient (Wildman–Crippen LogP) is 24.2. The average Bonchev–Trinajstić information content (AvgIpc) is 0.751. The number of aromatic nitrogens is 1. The third-order valence-corrected chi connectivity index (χ3v) is 46.5. The minimum Gasteiger partial charge on any atom is -0.451 e. The van der Waals surface area contributed by atoms with Gasteiger partial charge in [-0.2, -0.15) is 0 Å². The van der Waals surface area contributed by atoms with Gasteiger partial charge in [-0.05, 0) is 50.5 Å². The second kappa shape index (κ2) is 50.7. The van der Waals surface area contributed by atoms with Crippen LogP contribution < -0.4 is 74.3 Å².